The molecule has 5 nitrogen and oxygen atoms in total. The van der Waals surface area contributed by atoms with Crippen LogP contribution in [-0.4, -0.2) is 54.9 Å². The quantitative estimate of drug-likeness (QED) is 0.728. The fourth-order valence-electron chi connectivity index (χ4n) is 2.03. The summed E-state index contributed by atoms with van der Waals surface area (Å²) in [7, 11) is 1.72. The molecule has 1 aliphatic heterocycles. The Kier molecular flexibility index (Phi) is 4.52. The third-order valence-electron chi connectivity index (χ3n) is 3.39. The van der Waals surface area contributed by atoms with Crippen LogP contribution in [0.15, 0.2) is 0 Å². The average Bonchev–Trinajstić information content (AvgIpc) is 2.28. The highest BCUT2D eigenvalue weighted by molar-refractivity contribution is 5.82. The van der Waals surface area contributed by atoms with E-state index in [9.17, 15) is 9.90 Å². The molecule has 0 unspecified atom stereocenters. The summed E-state index contributed by atoms with van der Waals surface area (Å²) in [6, 6.07) is 0. The summed E-state index contributed by atoms with van der Waals surface area (Å²) < 4.78 is 5.21. The first-order valence-corrected chi connectivity index (χ1v) is 6.06. The van der Waals surface area contributed by atoms with E-state index < -0.39 is 11.0 Å². The highest BCUT2D eigenvalue weighted by atomic mass is 16.5. The first-order chi connectivity index (χ1) is 7.81. The van der Waals surface area contributed by atoms with E-state index >= 15 is 0 Å². The van der Waals surface area contributed by atoms with E-state index in [-0.39, 0.29) is 5.91 Å². The highest BCUT2D eigenvalue weighted by Crippen LogP contribution is 2.23. The normalized spacial score (nSPS) is 20.1. The van der Waals surface area contributed by atoms with E-state index in [0.29, 0.717) is 39.1 Å². The largest absolute Gasteiger partial charge is 0.388 e. The van der Waals surface area contributed by atoms with Crippen LogP contribution in [0.3, 0.4) is 0 Å². The number of likely N-dealkylation sites (N-methyl/N-ethyl adjacent to an activating group) is 1. The molecule has 0 bridgehead atoms. The van der Waals surface area contributed by atoms with E-state index in [2.05, 4.69) is 0 Å². The van der Waals surface area contributed by atoms with Crippen molar-refractivity contribution < 1.29 is 14.6 Å². The van der Waals surface area contributed by atoms with E-state index in [4.69, 9.17) is 10.5 Å². The SMILES string of the molecule is CN(CC1(O)CCOCC1)C(=O)C(C)(C)CN. The maximum Gasteiger partial charge on any atom is 0.229 e. The number of hydrogen-bond acceptors (Lipinski definition) is 4. The smallest absolute Gasteiger partial charge is 0.229 e. The first kappa shape index (κ1) is 14.4. The van der Waals surface area contributed by atoms with Crippen molar-refractivity contribution in [3.63, 3.8) is 0 Å². The molecule has 1 saturated heterocycles. The van der Waals surface area contributed by atoms with Gasteiger partial charge in [0.1, 0.15) is 0 Å². The van der Waals surface area contributed by atoms with Crippen LogP contribution in [0.1, 0.15) is 26.7 Å². The predicted octanol–water partition coefficient (Wildman–Crippen LogP) is -0.0288. The number of amides is 1. The van der Waals surface area contributed by atoms with Crippen LogP contribution >= 0.6 is 0 Å². The van der Waals surface area contributed by atoms with Crippen molar-refractivity contribution in [2.75, 3.05) is 33.4 Å². The molecular formula is C12H24N2O3. The van der Waals surface area contributed by atoms with E-state index in [1.165, 1.54) is 0 Å². The van der Waals surface area contributed by atoms with Crippen molar-refractivity contribution in [1.29, 1.82) is 0 Å². The Bertz CT molecular complexity index is 273. The van der Waals surface area contributed by atoms with Gasteiger partial charge in [-0.2, -0.15) is 0 Å². The van der Waals surface area contributed by atoms with Gasteiger partial charge in [-0.1, -0.05) is 0 Å². The summed E-state index contributed by atoms with van der Waals surface area (Å²) in [6.07, 6.45) is 1.15. The van der Waals surface area contributed by atoms with Gasteiger partial charge in [-0.15, -0.1) is 0 Å². The van der Waals surface area contributed by atoms with Crippen LogP contribution in [-0.2, 0) is 9.53 Å². The number of carbonyl (C=O) groups excluding carboxylic acids is 1. The van der Waals surface area contributed by atoms with Crippen LogP contribution in [0.4, 0.5) is 0 Å². The van der Waals surface area contributed by atoms with Gasteiger partial charge in [0.05, 0.1) is 11.0 Å². The number of nitrogens with two attached hydrogens (primary N) is 1. The lowest BCUT2D eigenvalue weighted by atomic mass is 9.89. The van der Waals surface area contributed by atoms with Gasteiger partial charge in [0.25, 0.3) is 0 Å². The Hall–Kier alpha value is -0.650. The highest BCUT2D eigenvalue weighted by Gasteiger charge is 2.36. The fourth-order valence-corrected chi connectivity index (χ4v) is 2.03. The van der Waals surface area contributed by atoms with Gasteiger partial charge in [0.2, 0.25) is 5.91 Å². The Morgan fingerprint density at radius 2 is 2.00 bits per heavy atom. The number of aliphatic hydroxyl groups is 1. The maximum atomic E-state index is 12.1. The molecule has 0 aromatic carbocycles. The van der Waals surface area contributed by atoms with Crippen molar-refractivity contribution >= 4 is 5.91 Å². The first-order valence-electron chi connectivity index (χ1n) is 6.06. The van der Waals surface area contributed by atoms with Gasteiger partial charge in [0.15, 0.2) is 0 Å². The lowest BCUT2D eigenvalue weighted by Gasteiger charge is -2.37. The number of rotatable bonds is 4. The number of nitrogens with zero attached hydrogens (tertiary/aromatic N) is 1. The standard InChI is InChI=1S/C12H24N2O3/c1-11(2,8-13)10(15)14(3)9-12(16)4-6-17-7-5-12/h16H,4-9,13H2,1-3H3. The van der Waals surface area contributed by atoms with Gasteiger partial charge in [-0.3, -0.25) is 4.79 Å². The molecule has 17 heavy (non-hydrogen) atoms. The van der Waals surface area contributed by atoms with Crippen molar-refractivity contribution in [3.05, 3.63) is 0 Å². The summed E-state index contributed by atoms with van der Waals surface area (Å²) in [5.74, 6) is -0.0279. The number of ether oxygens (including phenoxy) is 1. The average molecular weight is 244 g/mol. The topological polar surface area (TPSA) is 75.8 Å². The fraction of sp³-hybridized carbons (Fsp3) is 0.917. The van der Waals surface area contributed by atoms with Gasteiger partial charge < -0.3 is 20.5 Å². The Balaban J connectivity index is 2.59. The zero-order chi connectivity index (χ0) is 13.1. The Morgan fingerprint density at radius 1 is 1.47 bits per heavy atom. The van der Waals surface area contributed by atoms with Crippen LogP contribution in [0.25, 0.3) is 0 Å². The second-order valence-electron chi connectivity index (χ2n) is 5.59. The molecule has 0 spiro atoms. The minimum atomic E-state index is -0.812. The molecule has 1 aliphatic rings. The molecule has 5 heteroatoms. The molecule has 0 saturated carbocycles. The van der Waals surface area contributed by atoms with Crippen LogP contribution in [0, 0.1) is 5.41 Å². The van der Waals surface area contributed by atoms with Crippen molar-refractivity contribution in [1.82, 2.24) is 4.90 Å². The minimum absolute atomic E-state index is 0.0279. The van der Waals surface area contributed by atoms with Crippen molar-refractivity contribution in [2.24, 2.45) is 11.1 Å². The van der Waals surface area contributed by atoms with Gasteiger partial charge in [-0.05, 0) is 13.8 Å². The second-order valence-corrected chi connectivity index (χ2v) is 5.59. The zero-order valence-corrected chi connectivity index (χ0v) is 11.0. The third-order valence-corrected chi connectivity index (χ3v) is 3.39. The van der Waals surface area contributed by atoms with E-state index in [1.807, 2.05) is 13.8 Å². The summed E-state index contributed by atoms with van der Waals surface area (Å²) in [6.45, 7) is 5.40. The zero-order valence-electron chi connectivity index (χ0n) is 11.0. The minimum Gasteiger partial charge on any atom is -0.388 e. The summed E-state index contributed by atoms with van der Waals surface area (Å²) >= 11 is 0. The summed E-state index contributed by atoms with van der Waals surface area (Å²) in [5.41, 5.74) is 4.20. The summed E-state index contributed by atoms with van der Waals surface area (Å²) in [4.78, 5) is 13.7. The molecule has 1 heterocycles. The lowest BCUT2D eigenvalue weighted by Crippen LogP contribution is -2.51. The molecule has 0 radical (unpaired) electrons. The molecule has 1 amide bonds. The van der Waals surface area contributed by atoms with Crippen molar-refractivity contribution in [2.45, 2.75) is 32.3 Å². The molecule has 0 aliphatic carbocycles. The molecule has 3 N–H and O–H groups in total. The van der Waals surface area contributed by atoms with Crippen LogP contribution < -0.4 is 5.73 Å². The van der Waals surface area contributed by atoms with Crippen LogP contribution in [0.5, 0.6) is 0 Å². The Labute approximate surface area is 103 Å². The Morgan fingerprint density at radius 3 is 2.47 bits per heavy atom. The van der Waals surface area contributed by atoms with Crippen LogP contribution in [0.2, 0.25) is 0 Å². The number of hydrogen-bond donors (Lipinski definition) is 2. The van der Waals surface area contributed by atoms with Gasteiger partial charge >= 0.3 is 0 Å². The van der Waals surface area contributed by atoms with Gasteiger partial charge in [-0.25, -0.2) is 0 Å². The molecule has 100 valence electrons. The lowest BCUT2D eigenvalue weighted by molar-refractivity contribution is -0.145. The predicted molar refractivity (Wildman–Crippen MR) is 65.5 cm³/mol. The molecule has 1 fully saturated rings. The van der Waals surface area contributed by atoms with E-state index in [0.717, 1.165) is 0 Å². The van der Waals surface area contributed by atoms with E-state index in [1.54, 1.807) is 11.9 Å². The molecular weight excluding hydrogens is 220 g/mol. The van der Waals surface area contributed by atoms with Gasteiger partial charge in [0, 0.05) is 46.2 Å². The third kappa shape index (κ3) is 3.66. The molecule has 0 aromatic rings. The summed E-state index contributed by atoms with van der Waals surface area (Å²) in [5, 5.41) is 10.3. The monoisotopic (exact) mass is 244 g/mol. The van der Waals surface area contributed by atoms with Crippen molar-refractivity contribution in [3.8, 4) is 0 Å². The number of carbonyl (C=O) groups is 1. The molecule has 1 rings (SSSR count). The molecule has 0 atom stereocenters. The molecule has 0 aromatic heterocycles. The maximum absolute atomic E-state index is 12.1. The second kappa shape index (κ2) is 5.33.